The summed E-state index contributed by atoms with van der Waals surface area (Å²) in [6, 6.07) is 0. The number of hydrogen-bond acceptors (Lipinski definition) is 8. The average Bonchev–Trinajstić information content (AvgIpc) is 2.81. The van der Waals surface area contributed by atoms with Gasteiger partial charge in [0, 0.05) is 20.7 Å². The number of fused-ring (bicyclic) bond motifs is 1. The SMILES string of the molecule is CN(C)c1nc(N)nc2c1ncn2C(O)OCCCO. The van der Waals surface area contributed by atoms with Gasteiger partial charge in [0.1, 0.15) is 6.33 Å². The lowest BCUT2D eigenvalue weighted by Gasteiger charge is -2.15. The van der Waals surface area contributed by atoms with E-state index >= 15 is 0 Å². The molecule has 0 aliphatic heterocycles. The number of anilines is 2. The van der Waals surface area contributed by atoms with Crippen LogP contribution in [0.3, 0.4) is 0 Å². The van der Waals surface area contributed by atoms with Gasteiger partial charge >= 0.3 is 0 Å². The van der Waals surface area contributed by atoms with Gasteiger partial charge in [-0.2, -0.15) is 9.97 Å². The minimum Gasteiger partial charge on any atom is -0.396 e. The molecule has 0 aliphatic rings. The van der Waals surface area contributed by atoms with Crippen LogP contribution in [0.25, 0.3) is 11.2 Å². The maximum absolute atomic E-state index is 9.96. The van der Waals surface area contributed by atoms with E-state index in [9.17, 15) is 5.11 Å². The first-order chi connectivity index (χ1) is 9.54. The Morgan fingerprint density at radius 1 is 1.45 bits per heavy atom. The molecule has 2 rings (SSSR count). The van der Waals surface area contributed by atoms with E-state index in [-0.39, 0.29) is 19.2 Å². The number of rotatable bonds is 6. The van der Waals surface area contributed by atoms with Crippen molar-refractivity contribution in [1.82, 2.24) is 19.5 Å². The van der Waals surface area contributed by atoms with Crippen molar-refractivity contribution in [2.45, 2.75) is 12.8 Å². The molecule has 1 unspecified atom stereocenters. The van der Waals surface area contributed by atoms with Crippen LogP contribution in [0.2, 0.25) is 0 Å². The van der Waals surface area contributed by atoms with Crippen LogP contribution in [0.1, 0.15) is 12.8 Å². The van der Waals surface area contributed by atoms with Crippen LogP contribution in [0.15, 0.2) is 6.33 Å². The summed E-state index contributed by atoms with van der Waals surface area (Å²) < 4.78 is 6.54. The normalized spacial score (nSPS) is 12.8. The Kier molecular flexibility index (Phi) is 4.32. The molecule has 4 N–H and O–H groups in total. The molecule has 110 valence electrons. The summed E-state index contributed by atoms with van der Waals surface area (Å²) in [4.78, 5) is 14.1. The van der Waals surface area contributed by atoms with E-state index in [0.717, 1.165) is 0 Å². The molecule has 0 saturated heterocycles. The van der Waals surface area contributed by atoms with E-state index in [1.807, 2.05) is 14.1 Å². The Balaban J connectivity index is 2.36. The molecule has 0 aliphatic carbocycles. The predicted octanol–water partition coefficient (Wildman–Crippen LogP) is -0.678. The Morgan fingerprint density at radius 3 is 2.85 bits per heavy atom. The van der Waals surface area contributed by atoms with Crippen molar-refractivity contribution in [2.24, 2.45) is 0 Å². The van der Waals surface area contributed by atoms with Gasteiger partial charge in [0.15, 0.2) is 17.0 Å². The van der Waals surface area contributed by atoms with Gasteiger partial charge in [-0.25, -0.2) is 4.98 Å². The minimum atomic E-state index is -1.24. The molecule has 9 heteroatoms. The number of imidazole rings is 1. The molecule has 20 heavy (non-hydrogen) atoms. The van der Waals surface area contributed by atoms with Gasteiger partial charge in [0.25, 0.3) is 0 Å². The topological polar surface area (TPSA) is 123 Å². The zero-order valence-corrected chi connectivity index (χ0v) is 11.4. The van der Waals surface area contributed by atoms with Crippen LogP contribution in [0.5, 0.6) is 0 Å². The second-order valence-electron chi connectivity index (χ2n) is 4.40. The number of aliphatic hydroxyl groups is 2. The molecule has 0 spiro atoms. The van der Waals surface area contributed by atoms with Crippen molar-refractivity contribution in [3.8, 4) is 0 Å². The lowest BCUT2D eigenvalue weighted by molar-refractivity contribution is -0.152. The molecule has 2 aromatic rings. The second kappa shape index (κ2) is 5.99. The predicted molar refractivity (Wildman–Crippen MR) is 73.0 cm³/mol. The van der Waals surface area contributed by atoms with Gasteiger partial charge < -0.3 is 25.6 Å². The van der Waals surface area contributed by atoms with Crippen LogP contribution in [-0.2, 0) is 4.74 Å². The summed E-state index contributed by atoms with van der Waals surface area (Å²) in [5, 5.41) is 18.7. The highest BCUT2D eigenvalue weighted by Gasteiger charge is 2.17. The molecule has 0 aromatic carbocycles. The van der Waals surface area contributed by atoms with Crippen LogP contribution in [-0.4, -0.2) is 57.0 Å². The third-order valence-electron chi connectivity index (χ3n) is 2.65. The fourth-order valence-corrected chi connectivity index (χ4v) is 1.73. The highest BCUT2D eigenvalue weighted by Crippen LogP contribution is 2.23. The Morgan fingerprint density at radius 2 is 2.20 bits per heavy atom. The zero-order valence-electron chi connectivity index (χ0n) is 11.4. The highest BCUT2D eigenvalue weighted by molar-refractivity contribution is 5.84. The summed E-state index contributed by atoms with van der Waals surface area (Å²) in [5.74, 6) is 0.652. The third kappa shape index (κ3) is 2.79. The summed E-state index contributed by atoms with van der Waals surface area (Å²) in [6.45, 7) is 0.218. The van der Waals surface area contributed by atoms with E-state index in [1.165, 1.54) is 10.9 Å². The number of aliphatic hydroxyl groups excluding tert-OH is 2. The standard InChI is InChI=1S/C11H18N6O3/c1-16(2)8-7-9(15-10(12)14-8)17(6-13-7)11(19)20-5-3-4-18/h6,11,18-19H,3-5H2,1-2H3,(H2,12,14,15). The first-order valence-corrected chi connectivity index (χ1v) is 6.12. The molecule has 0 bridgehead atoms. The van der Waals surface area contributed by atoms with Gasteiger partial charge in [-0.15, -0.1) is 0 Å². The van der Waals surface area contributed by atoms with Gasteiger partial charge in [-0.1, -0.05) is 0 Å². The minimum absolute atomic E-state index is 0.00269. The molecular formula is C11H18N6O3. The molecule has 0 fully saturated rings. The first-order valence-electron chi connectivity index (χ1n) is 6.12. The molecule has 0 amide bonds. The van der Waals surface area contributed by atoms with Gasteiger partial charge in [0.2, 0.25) is 12.4 Å². The third-order valence-corrected chi connectivity index (χ3v) is 2.65. The highest BCUT2D eigenvalue weighted by atomic mass is 16.6. The van der Waals surface area contributed by atoms with Crippen LogP contribution in [0.4, 0.5) is 11.8 Å². The molecule has 9 nitrogen and oxygen atoms in total. The van der Waals surface area contributed by atoms with Crippen molar-refractivity contribution in [1.29, 1.82) is 0 Å². The van der Waals surface area contributed by atoms with Crippen molar-refractivity contribution in [2.75, 3.05) is 37.9 Å². The van der Waals surface area contributed by atoms with E-state index in [2.05, 4.69) is 15.0 Å². The summed E-state index contributed by atoms with van der Waals surface area (Å²) in [7, 11) is 3.63. The van der Waals surface area contributed by atoms with Crippen molar-refractivity contribution >= 4 is 22.9 Å². The molecule has 0 saturated carbocycles. The quantitative estimate of drug-likeness (QED) is 0.470. The molecule has 1 atom stereocenters. The van der Waals surface area contributed by atoms with Gasteiger partial charge in [-0.3, -0.25) is 4.57 Å². The van der Waals surface area contributed by atoms with Crippen LogP contribution >= 0.6 is 0 Å². The molecule has 2 heterocycles. The number of hydrogen-bond donors (Lipinski definition) is 3. The van der Waals surface area contributed by atoms with Crippen molar-refractivity contribution in [3.63, 3.8) is 0 Å². The van der Waals surface area contributed by atoms with E-state index in [0.29, 0.717) is 23.4 Å². The largest absolute Gasteiger partial charge is 0.396 e. The monoisotopic (exact) mass is 282 g/mol. The van der Waals surface area contributed by atoms with E-state index in [4.69, 9.17) is 15.6 Å². The number of nitrogens with two attached hydrogens (primary N) is 1. The lowest BCUT2D eigenvalue weighted by Crippen LogP contribution is -2.15. The van der Waals surface area contributed by atoms with Crippen LogP contribution in [0, 0.1) is 0 Å². The maximum atomic E-state index is 9.96. The zero-order chi connectivity index (χ0) is 14.7. The van der Waals surface area contributed by atoms with Crippen molar-refractivity contribution in [3.05, 3.63) is 6.33 Å². The molecule has 2 aromatic heterocycles. The summed E-state index contributed by atoms with van der Waals surface area (Å²) >= 11 is 0. The summed E-state index contributed by atoms with van der Waals surface area (Å²) in [6.07, 6.45) is 0.606. The number of nitrogens with zero attached hydrogens (tertiary/aromatic N) is 5. The smallest absolute Gasteiger partial charge is 0.244 e. The Hall–Kier alpha value is -1.97. The second-order valence-corrected chi connectivity index (χ2v) is 4.40. The number of nitrogen functional groups attached to an aromatic ring is 1. The van der Waals surface area contributed by atoms with Gasteiger partial charge in [-0.05, 0) is 6.42 Å². The molecule has 0 radical (unpaired) electrons. The van der Waals surface area contributed by atoms with E-state index < -0.39 is 6.41 Å². The maximum Gasteiger partial charge on any atom is 0.244 e. The van der Waals surface area contributed by atoms with Crippen molar-refractivity contribution < 1.29 is 14.9 Å². The average molecular weight is 282 g/mol. The fourth-order valence-electron chi connectivity index (χ4n) is 1.73. The first kappa shape index (κ1) is 14.4. The number of ether oxygens (including phenoxy) is 1. The summed E-state index contributed by atoms with van der Waals surface area (Å²) in [5.41, 5.74) is 6.58. The number of aromatic nitrogens is 4. The Bertz CT molecular complexity index is 585. The molecular weight excluding hydrogens is 264 g/mol. The Labute approximate surface area is 115 Å². The fraction of sp³-hybridized carbons (Fsp3) is 0.545. The van der Waals surface area contributed by atoms with E-state index in [1.54, 1.807) is 4.90 Å². The lowest BCUT2D eigenvalue weighted by atomic mass is 10.4. The van der Waals surface area contributed by atoms with Crippen LogP contribution < -0.4 is 10.6 Å². The van der Waals surface area contributed by atoms with Gasteiger partial charge in [0.05, 0.1) is 6.61 Å².